The van der Waals surface area contributed by atoms with Crippen LogP contribution in [0.25, 0.3) is 11.0 Å². The normalized spacial score (nSPS) is 27.5. The number of aromatic nitrogens is 3. The maximum atomic E-state index is 13.0. The summed E-state index contributed by atoms with van der Waals surface area (Å²) in [6.45, 7) is 1.66. The molecular weight excluding hydrogens is 259 g/mol. The summed E-state index contributed by atoms with van der Waals surface area (Å²) in [6.07, 6.45) is -3.67. The zero-order valence-corrected chi connectivity index (χ0v) is 10.1. The molecular formula is C12H12F3N3O. The van der Waals surface area contributed by atoms with Gasteiger partial charge in [-0.2, -0.15) is 13.2 Å². The van der Waals surface area contributed by atoms with Crippen LogP contribution in [0.5, 0.6) is 0 Å². The molecule has 1 aliphatic rings. The minimum absolute atomic E-state index is 0.00417. The molecule has 0 atom stereocenters. The number of alkyl halides is 3. The molecule has 2 aromatic rings. The van der Waals surface area contributed by atoms with Gasteiger partial charge in [-0.1, -0.05) is 11.3 Å². The molecule has 1 aliphatic carbocycles. The zero-order chi connectivity index (χ0) is 13.8. The second kappa shape index (κ2) is 3.69. The second-order valence-electron chi connectivity index (χ2n) is 5.26. The molecule has 19 heavy (non-hydrogen) atoms. The van der Waals surface area contributed by atoms with Crippen molar-refractivity contribution in [3.8, 4) is 0 Å². The lowest BCUT2D eigenvalue weighted by molar-refractivity contribution is -0.136. The molecule has 1 saturated carbocycles. The van der Waals surface area contributed by atoms with Crippen molar-refractivity contribution in [1.82, 2.24) is 15.0 Å². The van der Waals surface area contributed by atoms with Crippen molar-refractivity contribution in [3.63, 3.8) is 0 Å². The van der Waals surface area contributed by atoms with E-state index in [4.69, 9.17) is 0 Å². The van der Waals surface area contributed by atoms with Crippen molar-refractivity contribution in [2.24, 2.45) is 0 Å². The van der Waals surface area contributed by atoms with Gasteiger partial charge in [0, 0.05) is 0 Å². The van der Waals surface area contributed by atoms with Crippen molar-refractivity contribution >= 4 is 11.0 Å². The topological polar surface area (TPSA) is 50.9 Å². The van der Waals surface area contributed by atoms with Gasteiger partial charge in [-0.25, -0.2) is 4.68 Å². The molecule has 0 radical (unpaired) electrons. The van der Waals surface area contributed by atoms with Crippen LogP contribution in [0.1, 0.15) is 31.4 Å². The van der Waals surface area contributed by atoms with E-state index in [1.807, 2.05) is 0 Å². The monoisotopic (exact) mass is 271 g/mol. The highest BCUT2D eigenvalue weighted by Gasteiger charge is 2.42. The van der Waals surface area contributed by atoms with Crippen LogP contribution in [0.3, 0.4) is 0 Å². The van der Waals surface area contributed by atoms with Gasteiger partial charge in [0.1, 0.15) is 11.0 Å². The fourth-order valence-electron chi connectivity index (χ4n) is 2.61. The molecule has 1 heterocycles. The number of halogens is 3. The Kier molecular flexibility index (Phi) is 2.41. The number of aliphatic hydroxyl groups is 1. The van der Waals surface area contributed by atoms with Gasteiger partial charge in [-0.15, -0.1) is 5.10 Å². The molecule has 7 heteroatoms. The van der Waals surface area contributed by atoms with Gasteiger partial charge in [0.25, 0.3) is 0 Å². The lowest BCUT2D eigenvalue weighted by Gasteiger charge is -2.40. The second-order valence-corrected chi connectivity index (χ2v) is 5.26. The first-order valence-electron chi connectivity index (χ1n) is 5.91. The molecule has 0 aliphatic heterocycles. The predicted molar refractivity (Wildman–Crippen MR) is 61.4 cm³/mol. The number of fused-ring (bicyclic) bond motifs is 1. The fraction of sp³-hybridized carbons (Fsp3) is 0.500. The highest BCUT2D eigenvalue weighted by Crippen LogP contribution is 2.43. The van der Waals surface area contributed by atoms with E-state index in [1.165, 1.54) is 16.8 Å². The minimum atomic E-state index is -4.44. The van der Waals surface area contributed by atoms with Crippen LogP contribution in [0.15, 0.2) is 18.2 Å². The van der Waals surface area contributed by atoms with Gasteiger partial charge in [0.05, 0.1) is 17.2 Å². The van der Waals surface area contributed by atoms with Gasteiger partial charge in [0.15, 0.2) is 0 Å². The minimum Gasteiger partial charge on any atom is -0.390 e. The largest absolute Gasteiger partial charge is 0.418 e. The van der Waals surface area contributed by atoms with E-state index >= 15 is 0 Å². The summed E-state index contributed by atoms with van der Waals surface area (Å²) in [5.74, 6) is 0. The van der Waals surface area contributed by atoms with Gasteiger partial charge in [0.2, 0.25) is 0 Å². The molecule has 0 saturated heterocycles. The first-order valence-corrected chi connectivity index (χ1v) is 5.91. The van der Waals surface area contributed by atoms with Crippen molar-refractivity contribution in [2.45, 2.75) is 37.6 Å². The van der Waals surface area contributed by atoms with Crippen molar-refractivity contribution in [2.75, 3.05) is 0 Å². The Morgan fingerprint density at radius 2 is 2.05 bits per heavy atom. The Morgan fingerprint density at radius 1 is 1.37 bits per heavy atom. The van der Waals surface area contributed by atoms with Gasteiger partial charge >= 0.3 is 6.18 Å². The molecule has 1 aromatic heterocycles. The number of benzene rings is 1. The van der Waals surface area contributed by atoms with Crippen molar-refractivity contribution < 1.29 is 18.3 Å². The molecule has 1 N–H and O–H groups in total. The van der Waals surface area contributed by atoms with Gasteiger partial charge in [-0.3, -0.25) is 0 Å². The molecule has 0 spiro atoms. The Morgan fingerprint density at radius 3 is 2.63 bits per heavy atom. The highest BCUT2D eigenvalue weighted by molar-refractivity contribution is 5.78. The summed E-state index contributed by atoms with van der Waals surface area (Å²) < 4.78 is 40.3. The Balaban J connectivity index is 2.12. The molecule has 1 aromatic carbocycles. The molecule has 1 fully saturated rings. The molecule has 0 amide bonds. The summed E-state index contributed by atoms with van der Waals surface area (Å²) in [7, 11) is 0. The molecule has 0 bridgehead atoms. The van der Waals surface area contributed by atoms with Crippen molar-refractivity contribution in [3.05, 3.63) is 23.8 Å². The fourth-order valence-corrected chi connectivity index (χ4v) is 2.61. The van der Waals surface area contributed by atoms with E-state index in [9.17, 15) is 18.3 Å². The summed E-state index contributed by atoms with van der Waals surface area (Å²) in [5.41, 5.74) is -1.34. The van der Waals surface area contributed by atoms with E-state index in [0.29, 0.717) is 12.8 Å². The SMILES string of the molecule is C[C@]1(O)C[C@@H](n2nnc3cccc(C(F)(F)F)c32)C1. The predicted octanol–water partition coefficient (Wildman–Crippen LogP) is 2.54. The number of rotatable bonds is 1. The van der Waals surface area contributed by atoms with E-state index in [1.54, 1.807) is 6.92 Å². The number of nitrogens with zero attached hydrogens (tertiary/aromatic N) is 3. The number of hydrogen-bond acceptors (Lipinski definition) is 3. The zero-order valence-electron chi connectivity index (χ0n) is 10.1. The Labute approximate surface area is 106 Å². The van der Waals surface area contributed by atoms with E-state index in [-0.39, 0.29) is 17.1 Å². The van der Waals surface area contributed by atoms with E-state index in [2.05, 4.69) is 10.3 Å². The van der Waals surface area contributed by atoms with Crippen LogP contribution in [0.4, 0.5) is 13.2 Å². The summed E-state index contributed by atoms with van der Waals surface area (Å²) >= 11 is 0. The number of para-hydroxylation sites is 1. The molecule has 0 unspecified atom stereocenters. The van der Waals surface area contributed by atoms with Gasteiger partial charge < -0.3 is 5.11 Å². The Bertz CT molecular complexity index is 625. The van der Waals surface area contributed by atoms with Crippen LogP contribution in [0, 0.1) is 0 Å². The third kappa shape index (κ3) is 1.98. The van der Waals surface area contributed by atoms with Crippen molar-refractivity contribution in [1.29, 1.82) is 0 Å². The summed E-state index contributed by atoms with van der Waals surface area (Å²) in [6, 6.07) is 3.62. The summed E-state index contributed by atoms with van der Waals surface area (Å²) in [5, 5.41) is 17.3. The van der Waals surface area contributed by atoms with Crippen LogP contribution in [0.2, 0.25) is 0 Å². The molecule has 4 nitrogen and oxygen atoms in total. The average molecular weight is 271 g/mol. The van der Waals surface area contributed by atoms with E-state index in [0.717, 1.165) is 6.07 Å². The lowest BCUT2D eigenvalue weighted by Crippen LogP contribution is -2.42. The van der Waals surface area contributed by atoms with Crippen LogP contribution in [-0.2, 0) is 6.18 Å². The lowest BCUT2D eigenvalue weighted by atomic mass is 9.77. The van der Waals surface area contributed by atoms with Crippen LogP contribution < -0.4 is 0 Å². The van der Waals surface area contributed by atoms with Crippen LogP contribution in [-0.4, -0.2) is 25.7 Å². The Hall–Kier alpha value is -1.63. The summed E-state index contributed by atoms with van der Waals surface area (Å²) in [4.78, 5) is 0. The smallest absolute Gasteiger partial charge is 0.390 e. The quantitative estimate of drug-likeness (QED) is 0.867. The first-order chi connectivity index (χ1) is 8.78. The van der Waals surface area contributed by atoms with Crippen LogP contribution >= 0.6 is 0 Å². The molecule has 102 valence electrons. The van der Waals surface area contributed by atoms with Gasteiger partial charge in [-0.05, 0) is 31.9 Å². The maximum absolute atomic E-state index is 13.0. The molecule has 3 rings (SSSR count). The first kappa shape index (κ1) is 12.4. The van der Waals surface area contributed by atoms with E-state index < -0.39 is 17.3 Å². The highest BCUT2D eigenvalue weighted by atomic mass is 19.4. The number of hydrogen-bond donors (Lipinski definition) is 1. The third-order valence-corrected chi connectivity index (χ3v) is 3.49. The maximum Gasteiger partial charge on any atom is 0.418 e. The average Bonchev–Trinajstić information content (AvgIpc) is 2.67. The third-order valence-electron chi connectivity index (χ3n) is 3.49. The standard InChI is InChI=1S/C12H12F3N3O/c1-11(19)5-7(6-11)18-10-8(12(13,14)15)3-2-4-9(10)16-17-18/h2-4,7,19H,5-6H2,1H3/t7-,11+.